The van der Waals surface area contributed by atoms with Crippen LogP contribution in [0.2, 0.25) is 0 Å². The Balaban J connectivity index is 1.71. The standard InChI is InChI=1S/C26H25FN2O4/c27-22-11-15(7-9-17(22)13-24(28)30)20-5-2-6-21(26(20)32)16-8-10-18(14-25(29)31)23(12-16)33-19-3-1-4-19/h2,5-12,19,32H,1,3-4,13-14H2,(H2,28,30)(H2,29,31). The molecule has 0 heterocycles. The second-order valence-corrected chi connectivity index (χ2v) is 8.29. The van der Waals surface area contributed by atoms with E-state index in [2.05, 4.69) is 0 Å². The van der Waals surface area contributed by atoms with Gasteiger partial charge in [0.1, 0.15) is 17.3 Å². The van der Waals surface area contributed by atoms with Gasteiger partial charge in [0.2, 0.25) is 11.8 Å². The molecule has 1 fully saturated rings. The number of primary amides is 2. The number of amides is 2. The van der Waals surface area contributed by atoms with Crippen LogP contribution < -0.4 is 16.2 Å². The van der Waals surface area contributed by atoms with Crippen molar-refractivity contribution in [1.82, 2.24) is 0 Å². The molecular weight excluding hydrogens is 423 g/mol. The third-order valence-corrected chi connectivity index (χ3v) is 5.85. The van der Waals surface area contributed by atoms with E-state index in [-0.39, 0.29) is 30.3 Å². The molecule has 3 aromatic carbocycles. The summed E-state index contributed by atoms with van der Waals surface area (Å²) in [6, 6.07) is 15.0. The van der Waals surface area contributed by atoms with Gasteiger partial charge in [0.05, 0.1) is 18.9 Å². The summed E-state index contributed by atoms with van der Waals surface area (Å²) in [7, 11) is 0. The fourth-order valence-electron chi connectivity index (χ4n) is 3.89. The smallest absolute Gasteiger partial charge is 0.221 e. The second kappa shape index (κ2) is 9.32. The van der Waals surface area contributed by atoms with Crippen molar-refractivity contribution in [3.8, 4) is 33.8 Å². The number of nitrogens with two attached hydrogens (primary N) is 2. The quantitative estimate of drug-likeness (QED) is 0.485. The minimum Gasteiger partial charge on any atom is -0.507 e. The van der Waals surface area contributed by atoms with E-state index in [0.717, 1.165) is 19.3 Å². The van der Waals surface area contributed by atoms with Crippen molar-refractivity contribution in [2.75, 3.05) is 0 Å². The molecule has 4 rings (SSSR count). The zero-order chi connectivity index (χ0) is 23.5. The molecule has 0 aromatic heterocycles. The van der Waals surface area contributed by atoms with E-state index in [1.807, 2.05) is 0 Å². The number of hydrogen-bond donors (Lipinski definition) is 3. The summed E-state index contributed by atoms with van der Waals surface area (Å²) in [6.07, 6.45) is 2.99. The van der Waals surface area contributed by atoms with Gasteiger partial charge in [-0.05, 0) is 48.1 Å². The number of carbonyl (C=O) groups excluding carboxylic acids is 2. The molecule has 3 aromatic rings. The maximum atomic E-state index is 14.5. The third-order valence-electron chi connectivity index (χ3n) is 5.85. The Kier molecular flexibility index (Phi) is 6.31. The molecule has 0 aliphatic heterocycles. The maximum Gasteiger partial charge on any atom is 0.221 e. The summed E-state index contributed by atoms with van der Waals surface area (Å²) >= 11 is 0. The van der Waals surface area contributed by atoms with Crippen LogP contribution in [-0.4, -0.2) is 23.0 Å². The zero-order valence-electron chi connectivity index (χ0n) is 18.0. The van der Waals surface area contributed by atoms with Crippen molar-refractivity contribution in [2.24, 2.45) is 11.5 Å². The van der Waals surface area contributed by atoms with E-state index < -0.39 is 17.6 Å². The molecule has 7 heteroatoms. The van der Waals surface area contributed by atoms with E-state index in [4.69, 9.17) is 16.2 Å². The van der Waals surface area contributed by atoms with Crippen molar-refractivity contribution in [3.63, 3.8) is 0 Å². The number of rotatable bonds is 8. The fourth-order valence-corrected chi connectivity index (χ4v) is 3.89. The number of halogens is 1. The first kappa shape index (κ1) is 22.3. The number of para-hydroxylation sites is 1. The van der Waals surface area contributed by atoms with Gasteiger partial charge in [0, 0.05) is 16.7 Å². The minimum absolute atomic E-state index is 0.0169. The average Bonchev–Trinajstić information content (AvgIpc) is 2.73. The summed E-state index contributed by atoms with van der Waals surface area (Å²) in [5.74, 6) is -1.08. The van der Waals surface area contributed by atoms with Crippen LogP contribution in [0.15, 0.2) is 54.6 Å². The predicted molar refractivity (Wildman–Crippen MR) is 123 cm³/mol. The van der Waals surface area contributed by atoms with Gasteiger partial charge in [-0.1, -0.05) is 42.5 Å². The van der Waals surface area contributed by atoms with Crippen LogP contribution in [0.1, 0.15) is 30.4 Å². The van der Waals surface area contributed by atoms with E-state index in [9.17, 15) is 19.1 Å². The SMILES string of the molecule is NC(=O)Cc1ccc(-c2cccc(-c3ccc(CC(N)=O)c(OC4CCC4)c3)c2O)cc1F. The average molecular weight is 448 g/mol. The number of aromatic hydroxyl groups is 1. The fraction of sp³-hybridized carbons (Fsp3) is 0.231. The molecule has 1 aliphatic carbocycles. The largest absolute Gasteiger partial charge is 0.507 e. The van der Waals surface area contributed by atoms with Gasteiger partial charge >= 0.3 is 0 Å². The van der Waals surface area contributed by atoms with Crippen molar-refractivity contribution in [3.05, 3.63) is 71.5 Å². The Labute approximate surface area is 191 Å². The first-order valence-electron chi connectivity index (χ1n) is 10.8. The Morgan fingerprint density at radius 2 is 1.48 bits per heavy atom. The number of hydrogen-bond acceptors (Lipinski definition) is 4. The Bertz CT molecular complexity index is 1220. The van der Waals surface area contributed by atoms with Gasteiger partial charge in [0.25, 0.3) is 0 Å². The number of carbonyl (C=O) groups is 2. The van der Waals surface area contributed by atoms with E-state index in [0.29, 0.717) is 33.6 Å². The Morgan fingerprint density at radius 1 is 0.909 bits per heavy atom. The van der Waals surface area contributed by atoms with Crippen molar-refractivity contribution < 1.29 is 23.8 Å². The van der Waals surface area contributed by atoms with Gasteiger partial charge in [-0.15, -0.1) is 0 Å². The van der Waals surface area contributed by atoms with Crippen LogP contribution in [0.3, 0.4) is 0 Å². The lowest BCUT2D eigenvalue weighted by Crippen LogP contribution is -2.25. The summed E-state index contributed by atoms with van der Waals surface area (Å²) in [5.41, 5.74) is 13.6. The minimum atomic E-state index is -0.619. The lowest BCUT2D eigenvalue weighted by atomic mass is 9.94. The van der Waals surface area contributed by atoms with E-state index in [1.54, 1.807) is 42.5 Å². The second-order valence-electron chi connectivity index (χ2n) is 8.29. The number of phenols is 1. The van der Waals surface area contributed by atoms with Gasteiger partial charge in [-0.2, -0.15) is 0 Å². The molecule has 0 bridgehead atoms. The van der Waals surface area contributed by atoms with E-state index >= 15 is 0 Å². The molecule has 2 amide bonds. The molecule has 0 spiro atoms. The Morgan fingerprint density at radius 3 is 2.03 bits per heavy atom. The number of benzene rings is 3. The molecule has 0 radical (unpaired) electrons. The zero-order valence-corrected chi connectivity index (χ0v) is 18.0. The van der Waals surface area contributed by atoms with Gasteiger partial charge in [0.15, 0.2) is 0 Å². The lowest BCUT2D eigenvalue weighted by molar-refractivity contribution is -0.118. The molecule has 6 nitrogen and oxygen atoms in total. The van der Waals surface area contributed by atoms with Crippen molar-refractivity contribution in [2.45, 2.75) is 38.2 Å². The molecule has 1 saturated carbocycles. The monoisotopic (exact) mass is 448 g/mol. The number of ether oxygens (including phenoxy) is 1. The topological polar surface area (TPSA) is 116 Å². The van der Waals surface area contributed by atoms with E-state index in [1.165, 1.54) is 12.1 Å². The van der Waals surface area contributed by atoms with Crippen LogP contribution >= 0.6 is 0 Å². The number of phenolic OH excluding ortho intramolecular Hbond substituents is 1. The van der Waals surface area contributed by atoms with Crippen molar-refractivity contribution in [1.29, 1.82) is 0 Å². The first-order chi connectivity index (χ1) is 15.8. The molecule has 5 N–H and O–H groups in total. The molecule has 1 aliphatic rings. The highest BCUT2D eigenvalue weighted by atomic mass is 19.1. The maximum absolute atomic E-state index is 14.5. The highest BCUT2D eigenvalue weighted by Crippen LogP contribution is 2.40. The van der Waals surface area contributed by atoms with Crippen LogP contribution in [0.4, 0.5) is 4.39 Å². The first-order valence-corrected chi connectivity index (χ1v) is 10.8. The molecule has 0 unspecified atom stereocenters. The van der Waals surface area contributed by atoms with Crippen LogP contribution in [0.5, 0.6) is 11.5 Å². The predicted octanol–water partition coefficient (Wildman–Crippen LogP) is 3.85. The molecule has 0 saturated heterocycles. The molecule has 33 heavy (non-hydrogen) atoms. The molecular formula is C26H25FN2O4. The lowest BCUT2D eigenvalue weighted by Gasteiger charge is -2.27. The van der Waals surface area contributed by atoms with Gasteiger partial charge in [-0.25, -0.2) is 4.39 Å². The summed E-state index contributed by atoms with van der Waals surface area (Å²) in [5, 5.41) is 11.0. The third kappa shape index (κ3) is 4.98. The van der Waals surface area contributed by atoms with Crippen LogP contribution in [-0.2, 0) is 22.4 Å². The molecule has 0 atom stereocenters. The highest BCUT2D eigenvalue weighted by molar-refractivity contribution is 5.84. The normalized spacial score (nSPS) is 13.4. The van der Waals surface area contributed by atoms with Crippen LogP contribution in [0.25, 0.3) is 22.3 Å². The van der Waals surface area contributed by atoms with Gasteiger partial charge < -0.3 is 21.3 Å². The summed E-state index contributed by atoms with van der Waals surface area (Å²) in [6.45, 7) is 0. The Hall–Kier alpha value is -3.87. The summed E-state index contributed by atoms with van der Waals surface area (Å²) in [4.78, 5) is 22.6. The van der Waals surface area contributed by atoms with Crippen LogP contribution in [0, 0.1) is 5.82 Å². The van der Waals surface area contributed by atoms with Gasteiger partial charge in [-0.3, -0.25) is 9.59 Å². The highest BCUT2D eigenvalue weighted by Gasteiger charge is 2.22. The summed E-state index contributed by atoms with van der Waals surface area (Å²) < 4.78 is 20.6. The van der Waals surface area contributed by atoms with Crippen molar-refractivity contribution >= 4 is 11.8 Å². The molecule has 170 valence electrons.